The van der Waals surface area contributed by atoms with Crippen LogP contribution in [0, 0.1) is 24.2 Å². The Morgan fingerprint density at radius 1 is 1.29 bits per heavy atom. The Morgan fingerprint density at radius 2 is 2.03 bits per heavy atom. The summed E-state index contributed by atoms with van der Waals surface area (Å²) in [6.07, 6.45) is 10.1. The molecule has 0 bridgehead atoms. The molecule has 1 aliphatic carbocycles. The van der Waals surface area contributed by atoms with Gasteiger partial charge in [-0.05, 0) is 81.5 Å². The molecule has 6 heteroatoms. The van der Waals surface area contributed by atoms with Crippen molar-refractivity contribution in [2.75, 3.05) is 0 Å². The monoisotopic (exact) mass is 475 g/mol. The maximum Gasteiger partial charge on any atom is 0.338 e. The van der Waals surface area contributed by atoms with Crippen molar-refractivity contribution >= 4 is 5.97 Å². The number of aryl methyl sites for hydroxylation is 3. The van der Waals surface area contributed by atoms with Crippen molar-refractivity contribution in [3.8, 4) is 6.07 Å². The predicted molar refractivity (Wildman–Crippen MR) is 135 cm³/mol. The summed E-state index contributed by atoms with van der Waals surface area (Å²) < 4.78 is 8.08. The third-order valence-corrected chi connectivity index (χ3v) is 7.93. The largest absolute Gasteiger partial charge is 0.512 e. The van der Waals surface area contributed by atoms with Gasteiger partial charge in [-0.15, -0.1) is 0 Å². The second-order valence-corrected chi connectivity index (χ2v) is 10.8. The van der Waals surface area contributed by atoms with Gasteiger partial charge in [0.15, 0.2) is 0 Å². The Bertz CT molecular complexity index is 1160. The van der Waals surface area contributed by atoms with Crippen LogP contribution in [0.25, 0.3) is 0 Å². The Balaban J connectivity index is 1.56. The fourth-order valence-corrected chi connectivity index (χ4v) is 5.86. The van der Waals surface area contributed by atoms with Crippen molar-refractivity contribution in [1.29, 1.82) is 5.26 Å². The highest BCUT2D eigenvalue weighted by molar-refractivity contribution is 5.90. The van der Waals surface area contributed by atoms with E-state index in [-0.39, 0.29) is 11.7 Å². The van der Waals surface area contributed by atoms with Crippen molar-refractivity contribution in [2.24, 2.45) is 5.92 Å². The molecule has 0 spiro atoms. The molecule has 35 heavy (non-hydrogen) atoms. The Labute approximate surface area is 208 Å². The molecule has 2 aromatic rings. The lowest BCUT2D eigenvalue weighted by Gasteiger charge is -2.42. The smallest absolute Gasteiger partial charge is 0.338 e. The lowest BCUT2D eigenvalue weighted by Crippen LogP contribution is -2.46. The van der Waals surface area contributed by atoms with Gasteiger partial charge < -0.3 is 9.84 Å². The standard InChI is InChI=1S/C29H37N3O3/c1-5-32-18-22(17-31-32)15-24-26(33)16-29(35-27(24)34,23-8-6-7-9-23)13-12-21-10-11-25(20(2)14-21)28(3,4)19-30/h10-11,14,17-18,23,33H,5-9,12-13,15-16H2,1-4H3. The van der Waals surface area contributed by atoms with E-state index in [9.17, 15) is 15.2 Å². The topological polar surface area (TPSA) is 88.1 Å². The Hall–Kier alpha value is -3.07. The molecular formula is C29H37N3O3. The summed E-state index contributed by atoms with van der Waals surface area (Å²) in [6, 6.07) is 8.67. The Morgan fingerprint density at radius 3 is 2.63 bits per heavy atom. The number of carbonyl (C=O) groups is 1. The molecule has 1 atom stereocenters. The normalized spacial score (nSPS) is 21.3. The van der Waals surface area contributed by atoms with E-state index in [2.05, 4.69) is 29.4 Å². The van der Waals surface area contributed by atoms with Crippen LogP contribution in [0.15, 0.2) is 41.9 Å². The molecule has 1 N–H and O–H groups in total. The summed E-state index contributed by atoms with van der Waals surface area (Å²) in [4.78, 5) is 13.2. The molecular weight excluding hydrogens is 438 g/mol. The first-order valence-electron chi connectivity index (χ1n) is 12.8. The minimum absolute atomic E-state index is 0.166. The number of ether oxygens (including phenoxy) is 1. The first-order chi connectivity index (χ1) is 16.7. The molecule has 0 saturated heterocycles. The number of cyclic esters (lactones) is 1. The fourth-order valence-electron chi connectivity index (χ4n) is 5.86. The molecule has 4 rings (SSSR count). The van der Waals surface area contributed by atoms with Crippen molar-refractivity contribution in [3.05, 3.63) is 64.2 Å². The van der Waals surface area contributed by atoms with E-state index in [0.717, 1.165) is 60.9 Å². The lowest BCUT2D eigenvalue weighted by molar-refractivity contribution is -0.167. The minimum atomic E-state index is -0.673. The van der Waals surface area contributed by atoms with Crippen LogP contribution in [0.1, 0.15) is 81.5 Å². The van der Waals surface area contributed by atoms with Crippen LogP contribution in [0.5, 0.6) is 0 Å². The zero-order chi connectivity index (χ0) is 25.2. The number of rotatable bonds is 8. The van der Waals surface area contributed by atoms with Crippen LogP contribution < -0.4 is 0 Å². The minimum Gasteiger partial charge on any atom is -0.512 e. The van der Waals surface area contributed by atoms with E-state index in [1.165, 1.54) is 0 Å². The highest BCUT2D eigenvalue weighted by Crippen LogP contribution is 2.46. The number of esters is 1. The van der Waals surface area contributed by atoms with Gasteiger partial charge >= 0.3 is 5.97 Å². The summed E-state index contributed by atoms with van der Waals surface area (Å²) in [6.45, 7) is 8.69. The summed E-state index contributed by atoms with van der Waals surface area (Å²) in [7, 11) is 0. The first-order valence-corrected chi connectivity index (χ1v) is 12.8. The molecule has 186 valence electrons. The van der Waals surface area contributed by atoms with Crippen molar-refractivity contribution in [1.82, 2.24) is 9.78 Å². The van der Waals surface area contributed by atoms with Crippen LogP contribution >= 0.6 is 0 Å². The number of hydrogen-bond acceptors (Lipinski definition) is 5. The molecule has 6 nitrogen and oxygen atoms in total. The summed E-state index contributed by atoms with van der Waals surface area (Å²) in [5.41, 5.74) is 3.34. The average molecular weight is 476 g/mol. The lowest BCUT2D eigenvalue weighted by atomic mass is 9.76. The predicted octanol–water partition coefficient (Wildman–Crippen LogP) is 5.88. The van der Waals surface area contributed by atoms with E-state index >= 15 is 0 Å². The van der Waals surface area contributed by atoms with Gasteiger partial charge in [0.05, 0.1) is 23.3 Å². The number of aromatic nitrogens is 2. The average Bonchev–Trinajstić information content (AvgIpc) is 3.52. The van der Waals surface area contributed by atoms with Crippen LogP contribution in [0.4, 0.5) is 0 Å². The van der Waals surface area contributed by atoms with Gasteiger partial charge in [-0.3, -0.25) is 4.68 Å². The second-order valence-electron chi connectivity index (χ2n) is 10.8. The van der Waals surface area contributed by atoms with Gasteiger partial charge in [-0.1, -0.05) is 31.0 Å². The van der Waals surface area contributed by atoms with Crippen LogP contribution in [-0.2, 0) is 34.3 Å². The van der Waals surface area contributed by atoms with E-state index in [1.54, 1.807) is 6.20 Å². The maximum atomic E-state index is 13.2. The molecule has 2 aliphatic rings. The molecule has 2 heterocycles. The summed E-state index contributed by atoms with van der Waals surface area (Å²) in [5, 5.41) is 24.9. The van der Waals surface area contributed by atoms with Gasteiger partial charge in [0.25, 0.3) is 0 Å². The van der Waals surface area contributed by atoms with Crippen LogP contribution in [-0.4, -0.2) is 26.5 Å². The Kier molecular flexibility index (Phi) is 7.07. The van der Waals surface area contributed by atoms with E-state index in [1.807, 2.05) is 38.6 Å². The molecule has 0 amide bonds. The van der Waals surface area contributed by atoms with E-state index < -0.39 is 17.0 Å². The highest BCUT2D eigenvalue weighted by Gasteiger charge is 2.48. The van der Waals surface area contributed by atoms with Gasteiger partial charge in [0, 0.05) is 25.6 Å². The van der Waals surface area contributed by atoms with E-state index in [4.69, 9.17) is 4.74 Å². The van der Waals surface area contributed by atoms with Gasteiger partial charge in [-0.25, -0.2) is 4.79 Å². The third-order valence-electron chi connectivity index (χ3n) is 7.93. The zero-order valence-corrected chi connectivity index (χ0v) is 21.4. The number of nitriles is 1. The highest BCUT2D eigenvalue weighted by atomic mass is 16.6. The summed E-state index contributed by atoms with van der Waals surface area (Å²) >= 11 is 0. The molecule has 1 unspecified atom stereocenters. The SMILES string of the molecule is CCn1cc(CC2=C(O)CC(CCc3ccc(C(C)(C)C#N)c(C)c3)(C3CCCC3)OC2=O)cn1. The van der Waals surface area contributed by atoms with Crippen molar-refractivity contribution in [2.45, 2.75) is 96.6 Å². The molecule has 1 fully saturated rings. The number of aliphatic hydroxyl groups is 1. The molecule has 1 aromatic carbocycles. The number of hydrogen-bond donors (Lipinski definition) is 1. The summed E-state index contributed by atoms with van der Waals surface area (Å²) in [5.74, 6) is 0.0303. The maximum absolute atomic E-state index is 13.2. The van der Waals surface area contributed by atoms with Gasteiger partial charge in [0.2, 0.25) is 0 Å². The molecule has 1 aromatic heterocycles. The quantitative estimate of drug-likeness (QED) is 0.482. The van der Waals surface area contributed by atoms with Gasteiger partial charge in [-0.2, -0.15) is 10.4 Å². The number of benzene rings is 1. The number of carbonyl (C=O) groups excluding carboxylic acids is 1. The van der Waals surface area contributed by atoms with Crippen LogP contribution in [0.2, 0.25) is 0 Å². The van der Waals surface area contributed by atoms with E-state index in [0.29, 0.717) is 24.8 Å². The zero-order valence-electron chi connectivity index (χ0n) is 21.4. The number of nitrogens with zero attached hydrogens (tertiary/aromatic N) is 3. The first kappa shape index (κ1) is 25.0. The van der Waals surface area contributed by atoms with Crippen LogP contribution in [0.3, 0.4) is 0 Å². The molecule has 0 radical (unpaired) electrons. The second kappa shape index (κ2) is 9.89. The van der Waals surface area contributed by atoms with Crippen molar-refractivity contribution in [3.63, 3.8) is 0 Å². The fraction of sp³-hybridized carbons (Fsp3) is 0.552. The third kappa shape index (κ3) is 5.15. The molecule has 1 saturated carbocycles. The molecule has 1 aliphatic heterocycles. The number of aliphatic hydroxyl groups excluding tert-OH is 1. The van der Waals surface area contributed by atoms with Crippen molar-refractivity contribution < 1.29 is 14.6 Å². The van der Waals surface area contributed by atoms with Gasteiger partial charge in [0.1, 0.15) is 11.4 Å².